The van der Waals surface area contributed by atoms with Gasteiger partial charge in [-0.3, -0.25) is 0 Å². The van der Waals surface area contributed by atoms with E-state index in [1.54, 1.807) is 6.92 Å². The highest BCUT2D eigenvalue weighted by Crippen LogP contribution is 2.13. The van der Waals surface area contributed by atoms with Gasteiger partial charge in [-0.05, 0) is 18.9 Å². The molecule has 0 radical (unpaired) electrons. The Kier molecular flexibility index (Phi) is 5.67. The fourth-order valence-electron chi connectivity index (χ4n) is 1.08. The van der Waals surface area contributed by atoms with Crippen molar-refractivity contribution in [2.24, 2.45) is 16.6 Å². The first-order chi connectivity index (χ1) is 6.90. The van der Waals surface area contributed by atoms with Crippen LogP contribution in [-0.2, 0) is 4.79 Å². The van der Waals surface area contributed by atoms with Gasteiger partial charge < -0.3 is 10.8 Å². The summed E-state index contributed by atoms with van der Waals surface area (Å²) < 4.78 is 0. The van der Waals surface area contributed by atoms with E-state index in [2.05, 4.69) is 4.99 Å². The van der Waals surface area contributed by atoms with Gasteiger partial charge in [0.25, 0.3) is 0 Å². The van der Waals surface area contributed by atoms with E-state index >= 15 is 0 Å². The van der Waals surface area contributed by atoms with Crippen LogP contribution in [-0.4, -0.2) is 16.9 Å². The molecule has 86 valence electrons. The molecule has 4 heteroatoms. The number of hydrogen-bond acceptors (Lipinski definition) is 2. The lowest BCUT2D eigenvalue weighted by Crippen LogP contribution is -2.20. The number of aliphatic imine (C=N–C) groups is 1. The van der Waals surface area contributed by atoms with Gasteiger partial charge in [-0.1, -0.05) is 27.2 Å². The molecular weight excluding hydrogens is 192 g/mol. The Morgan fingerprint density at radius 1 is 1.47 bits per heavy atom. The van der Waals surface area contributed by atoms with Crippen molar-refractivity contribution < 1.29 is 9.90 Å². The van der Waals surface area contributed by atoms with Crippen LogP contribution in [0.15, 0.2) is 16.3 Å². The molecule has 0 heterocycles. The lowest BCUT2D eigenvalue weighted by molar-refractivity contribution is -0.132. The molecule has 0 atom stereocenters. The van der Waals surface area contributed by atoms with Crippen molar-refractivity contribution >= 4 is 11.8 Å². The van der Waals surface area contributed by atoms with Crippen molar-refractivity contribution in [3.8, 4) is 0 Å². The van der Waals surface area contributed by atoms with Gasteiger partial charge in [0.15, 0.2) is 0 Å². The average molecular weight is 212 g/mol. The highest BCUT2D eigenvalue weighted by atomic mass is 16.4. The van der Waals surface area contributed by atoms with Gasteiger partial charge in [-0.15, -0.1) is 0 Å². The Morgan fingerprint density at radius 2 is 2.00 bits per heavy atom. The smallest absolute Gasteiger partial charge is 0.354 e. The molecule has 0 amide bonds. The predicted octanol–water partition coefficient (Wildman–Crippen LogP) is 2.16. The highest BCUT2D eigenvalue weighted by Gasteiger charge is 2.11. The normalized spacial score (nSPS) is 14.1. The Morgan fingerprint density at radius 3 is 2.33 bits per heavy atom. The van der Waals surface area contributed by atoms with Crippen molar-refractivity contribution in [3.05, 3.63) is 11.3 Å². The molecule has 0 fully saturated rings. The van der Waals surface area contributed by atoms with Gasteiger partial charge in [0.05, 0.1) is 0 Å². The lowest BCUT2D eigenvalue weighted by Gasteiger charge is -2.07. The van der Waals surface area contributed by atoms with Gasteiger partial charge in [-0.2, -0.15) is 0 Å². The van der Waals surface area contributed by atoms with E-state index in [0.29, 0.717) is 5.84 Å². The molecule has 0 bridgehead atoms. The second kappa shape index (κ2) is 6.22. The van der Waals surface area contributed by atoms with E-state index in [9.17, 15) is 4.79 Å². The standard InChI is InChI=1S/C11H20N2O2/c1-5-6-8(4)9(11(14)15)13-10(12)7(2)3/h7H,5-6H2,1-4H3,(H2,12,13)(H,14,15)/b9-8-. The zero-order valence-corrected chi connectivity index (χ0v) is 9.87. The molecule has 4 nitrogen and oxygen atoms in total. The Labute approximate surface area is 90.9 Å². The molecule has 0 aromatic carbocycles. The number of carboxylic acid groups (broad SMARTS) is 1. The second-order valence-corrected chi connectivity index (χ2v) is 3.88. The summed E-state index contributed by atoms with van der Waals surface area (Å²) in [4.78, 5) is 14.9. The van der Waals surface area contributed by atoms with E-state index in [1.165, 1.54) is 0 Å². The maximum absolute atomic E-state index is 11.0. The summed E-state index contributed by atoms with van der Waals surface area (Å²) in [6.07, 6.45) is 1.64. The second-order valence-electron chi connectivity index (χ2n) is 3.88. The van der Waals surface area contributed by atoms with Crippen molar-refractivity contribution in [1.82, 2.24) is 0 Å². The largest absolute Gasteiger partial charge is 0.477 e. The minimum Gasteiger partial charge on any atom is -0.477 e. The topological polar surface area (TPSA) is 75.7 Å². The minimum atomic E-state index is -1.01. The number of carboxylic acids is 1. The molecule has 0 saturated carbocycles. The number of nitrogens with zero attached hydrogens (tertiary/aromatic N) is 1. The number of rotatable bonds is 5. The molecule has 0 saturated heterocycles. The number of allylic oxidation sites excluding steroid dienone is 1. The lowest BCUT2D eigenvalue weighted by atomic mass is 10.1. The van der Waals surface area contributed by atoms with Gasteiger partial charge in [0.1, 0.15) is 11.5 Å². The molecule has 0 aliphatic carbocycles. The first kappa shape index (κ1) is 13.7. The van der Waals surface area contributed by atoms with Crippen molar-refractivity contribution in [2.45, 2.75) is 40.5 Å². The Balaban J connectivity index is 5.08. The summed E-state index contributed by atoms with van der Waals surface area (Å²) in [7, 11) is 0. The molecule has 0 aromatic heterocycles. The Bertz CT molecular complexity index is 291. The van der Waals surface area contributed by atoms with Gasteiger partial charge >= 0.3 is 5.97 Å². The molecule has 0 spiro atoms. The third kappa shape index (κ3) is 4.63. The molecule has 3 N–H and O–H groups in total. The number of nitrogens with two attached hydrogens (primary N) is 1. The molecule has 0 aliphatic rings. The summed E-state index contributed by atoms with van der Waals surface area (Å²) in [5.41, 5.74) is 6.50. The molecular formula is C11H20N2O2. The first-order valence-electron chi connectivity index (χ1n) is 5.17. The van der Waals surface area contributed by atoms with Gasteiger partial charge in [-0.25, -0.2) is 9.79 Å². The molecule has 0 rings (SSSR count). The van der Waals surface area contributed by atoms with E-state index in [-0.39, 0.29) is 11.6 Å². The first-order valence-corrected chi connectivity index (χ1v) is 5.17. The van der Waals surface area contributed by atoms with Crippen LogP contribution in [0.5, 0.6) is 0 Å². The zero-order chi connectivity index (χ0) is 12.0. The minimum absolute atomic E-state index is 0.0637. The van der Waals surface area contributed by atoms with Gasteiger partial charge in [0, 0.05) is 5.92 Å². The van der Waals surface area contributed by atoms with Crippen LogP contribution in [0.3, 0.4) is 0 Å². The summed E-state index contributed by atoms with van der Waals surface area (Å²) in [6.45, 7) is 7.55. The third-order valence-corrected chi connectivity index (χ3v) is 2.06. The number of amidine groups is 1. The van der Waals surface area contributed by atoms with Crippen LogP contribution in [0.4, 0.5) is 0 Å². The quantitative estimate of drug-likeness (QED) is 0.416. The van der Waals surface area contributed by atoms with E-state index in [0.717, 1.165) is 18.4 Å². The van der Waals surface area contributed by atoms with Crippen LogP contribution >= 0.6 is 0 Å². The number of carbonyl (C=O) groups is 1. The maximum Gasteiger partial charge on any atom is 0.354 e. The summed E-state index contributed by atoms with van der Waals surface area (Å²) in [5, 5.41) is 8.98. The number of hydrogen-bond donors (Lipinski definition) is 2. The monoisotopic (exact) mass is 212 g/mol. The van der Waals surface area contributed by atoms with Crippen LogP contribution in [0.1, 0.15) is 40.5 Å². The van der Waals surface area contributed by atoms with Crippen LogP contribution in [0, 0.1) is 5.92 Å². The fraction of sp³-hybridized carbons (Fsp3) is 0.636. The third-order valence-electron chi connectivity index (χ3n) is 2.06. The summed E-state index contributed by atoms with van der Waals surface area (Å²) in [5.74, 6) is -0.582. The molecule has 15 heavy (non-hydrogen) atoms. The Hall–Kier alpha value is -1.32. The predicted molar refractivity (Wildman–Crippen MR) is 61.7 cm³/mol. The molecule has 0 aliphatic heterocycles. The van der Waals surface area contributed by atoms with Crippen molar-refractivity contribution in [2.75, 3.05) is 0 Å². The van der Waals surface area contributed by atoms with E-state index in [4.69, 9.17) is 10.8 Å². The van der Waals surface area contributed by atoms with Crippen molar-refractivity contribution in [1.29, 1.82) is 0 Å². The summed E-state index contributed by atoms with van der Waals surface area (Å²) in [6, 6.07) is 0. The maximum atomic E-state index is 11.0. The molecule has 0 unspecified atom stereocenters. The molecule has 0 aromatic rings. The number of aliphatic carboxylic acids is 1. The van der Waals surface area contributed by atoms with E-state index < -0.39 is 5.97 Å². The average Bonchev–Trinajstić information content (AvgIpc) is 2.13. The van der Waals surface area contributed by atoms with Crippen LogP contribution in [0.25, 0.3) is 0 Å². The summed E-state index contributed by atoms with van der Waals surface area (Å²) >= 11 is 0. The van der Waals surface area contributed by atoms with Crippen molar-refractivity contribution in [3.63, 3.8) is 0 Å². The SMILES string of the molecule is CCC/C(C)=C(\N=C(/N)C(C)C)C(=O)O. The fourth-order valence-corrected chi connectivity index (χ4v) is 1.08. The van der Waals surface area contributed by atoms with Gasteiger partial charge in [0.2, 0.25) is 0 Å². The highest BCUT2D eigenvalue weighted by molar-refractivity contribution is 5.93. The van der Waals surface area contributed by atoms with E-state index in [1.807, 2.05) is 20.8 Å². The van der Waals surface area contributed by atoms with Crippen LogP contribution < -0.4 is 5.73 Å². The zero-order valence-electron chi connectivity index (χ0n) is 9.87. The van der Waals surface area contributed by atoms with Crippen LogP contribution in [0.2, 0.25) is 0 Å².